The van der Waals surface area contributed by atoms with Crippen molar-refractivity contribution in [2.75, 3.05) is 26.8 Å². The number of amides is 1. The molecule has 0 aromatic heterocycles. The van der Waals surface area contributed by atoms with Gasteiger partial charge in [-0.3, -0.25) is 10.1 Å². The van der Waals surface area contributed by atoms with E-state index in [1.54, 1.807) is 31.4 Å². The molecular formula is C14H19ClN2O2S. The molecule has 0 radical (unpaired) electrons. The molecule has 0 saturated carbocycles. The first-order chi connectivity index (χ1) is 9.60. The second kappa shape index (κ2) is 8.89. The van der Waals surface area contributed by atoms with Crippen LogP contribution in [-0.2, 0) is 4.74 Å². The van der Waals surface area contributed by atoms with Crippen molar-refractivity contribution in [2.45, 2.75) is 13.3 Å². The number of nitrogens with one attached hydrogen (secondary N) is 1. The number of halogens is 1. The maximum atomic E-state index is 12.1. The fourth-order valence-corrected chi connectivity index (χ4v) is 2.17. The van der Waals surface area contributed by atoms with Crippen molar-refractivity contribution in [3.8, 4) is 0 Å². The van der Waals surface area contributed by atoms with Crippen molar-refractivity contribution in [2.24, 2.45) is 0 Å². The van der Waals surface area contributed by atoms with Crippen molar-refractivity contribution in [1.82, 2.24) is 10.2 Å². The van der Waals surface area contributed by atoms with E-state index in [2.05, 4.69) is 12.2 Å². The highest BCUT2D eigenvalue weighted by Gasteiger charge is 2.15. The molecule has 1 N–H and O–H groups in total. The number of thiocarbonyl (C=S) groups is 1. The first kappa shape index (κ1) is 16.9. The molecule has 4 nitrogen and oxygen atoms in total. The molecule has 0 unspecified atom stereocenters. The van der Waals surface area contributed by atoms with E-state index in [4.69, 9.17) is 28.6 Å². The maximum Gasteiger partial charge on any atom is 0.258 e. The van der Waals surface area contributed by atoms with Gasteiger partial charge in [0.05, 0.1) is 17.2 Å². The van der Waals surface area contributed by atoms with Crippen molar-refractivity contribution in [1.29, 1.82) is 0 Å². The van der Waals surface area contributed by atoms with Crippen LogP contribution in [0.1, 0.15) is 23.7 Å². The van der Waals surface area contributed by atoms with E-state index in [-0.39, 0.29) is 5.91 Å². The quantitative estimate of drug-likeness (QED) is 0.820. The summed E-state index contributed by atoms with van der Waals surface area (Å²) in [5.74, 6) is -0.292. The molecule has 0 spiro atoms. The predicted molar refractivity (Wildman–Crippen MR) is 85.3 cm³/mol. The van der Waals surface area contributed by atoms with Gasteiger partial charge in [-0.25, -0.2) is 0 Å². The van der Waals surface area contributed by atoms with Crippen LogP contribution in [0, 0.1) is 0 Å². The summed E-state index contributed by atoms with van der Waals surface area (Å²) < 4.78 is 5.04. The lowest BCUT2D eigenvalue weighted by atomic mass is 10.2. The third kappa shape index (κ3) is 5.07. The predicted octanol–water partition coefficient (Wildman–Crippen LogP) is 2.71. The van der Waals surface area contributed by atoms with Crippen LogP contribution in [0.2, 0.25) is 5.02 Å². The largest absolute Gasteiger partial charge is 0.383 e. The molecule has 1 aromatic rings. The van der Waals surface area contributed by atoms with E-state index in [1.807, 2.05) is 4.90 Å². The third-order valence-corrected chi connectivity index (χ3v) is 3.37. The van der Waals surface area contributed by atoms with Gasteiger partial charge in [0.2, 0.25) is 0 Å². The molecule has 0 saturated heterocycles. The molecule has 0 bridgehead atoms. The van der Waals surface area contributed by atoms with E-state index in [0.29, 0.717) is 28.9 Å². The highest BCUT2D eigenvalue weighted by atomic mass is 35.5. The maximum absolute atomic E-state index is 12.1. The third-order valence-electron chi connectivity index (χ3n) is 2.69. The molecule has 0 aliphatic rings. The molecule has 0 heterocycles. The average molecular weight is 315 g/mol. The number of hydrogen-bond acceptors (Lipinski definition) is 3. The van der Waals surface area contributed by atoms with E-state index < -0.39 is 0 Å². The summed E-state index contributed by atoms with van der Waals surface area (Å²) >= 11 is 11.3. The van der Waals surface area contributed by atoms with E-state index in [9.17, 15) is 4.79 Å². The smallest absolute Gasteiger partial charge is 0.258 e. The molecule has 0 aliphatic carbocycles. The number of hydrogen-bond donors (Lipinski definition) is 1. The Balaban J connectivity index is 2.67. The Bertz CT molecular complexity index is 468. The number of carbonyl (C=O) groups is 1. The first-order valence-electron chi connectivity index (χ1n) is 6.43. The number of ether oxygens (including phenoxy) is 1. The Labute approximate surface area is 130 Å². The lowest BCUT2D eigenvalue weighted by Gasteiger charge is -2.24. The van der Waals surface area contributed by atoms with Crippen LogP contribution >= 0.6 is 23.8 Å². The van der Waals surface area contributed by atoms with Crippen LogP contribution in [0.25, 0.3) is 0 Å². The second-order valence-corrected chi connectivity index (χ2v) is 5.01. The minimum atomic E-state index is -0.292. The van der Waals surface area contributed by atoms with Gasteiger partial charge >= 0.3 is 0 Å². The minimum absolute atomic E-state index is 0.292. The number of nitrogens with zero attached hydrogens (tertiary/aromatic N) is 1. The fourth-order valence-electron chi connectivity index (χ4n) is 1.68. The molecule has 6 heteroatoms. The van der Waals surface area contributed by atoms with Gasteiger partial charge in [-0.2, -0.15) is 0 Å². The van der Waals surface area contributed by atoms with Crippen molar-refractivity contribution in [3.63, 3.8) is 0 Å². The Hall–Kier alpha value is -1.17. The van der Waals surface area contributed by atoms with Crippen LogP contribution in [0.4, 0.5) is 0 Å². The number of benzene rings is 1. The summed E-state index contributed by atoms with van der Waals surface area (Å²) in [4.78, 5) is 14.0. The van der Waals surface area contributed by atoms with Crippen LogP contribution < -0.4 is 5.32 Å². The Morgan fingerprint density at radius 1 is 1.40 bits per heavy atom. The molecule has 1 aromatic carbocycles. The highest BCUT2D eigenvalue weighted by Crippen LogP contribution is 2.14. The molecular weight excluding hydrogens is 296 g/mol. The standard InChI is InChI=1S/C14H19ClN2O2S/c1-3-8-17(9-10-19-2)14(20)16-13(18)11-6-4-5-7-12(11)15/h4-7H,3,8-10H2,1-2H3,(H,16,18,20). The molecule has 20 heavy (non-hydrogen) atoms. The van der Waals surface area contributed by atoms with Gasteiger partial charge in [-0.1, -0.05) is 30.7 Å². The normalized spacial score (nSPS) is 10.2. The zero-order valence-electron chi connectivity index (χ0n) is 11.7. The summed E-state index contributed by atoms with van der Waals surface area (Å²) in [6, 6.07) is 6.88. The van der Waals surface area contributed by atoms with Gasteiger partial charge in [0.15, 0.2) is 5.11 Å². The van der Waals surface area contributed by atoms with Crippen LogP contribution in [0.15, 0.2) is 24.3 Å². The zero-order valence-corrected chi connectivity index (χ0v) is 13.3. The molecule has 1 rings (SSSR count). The lowest BCUT2D eigenvalue weighted by molar-refractivity contribution is 0.0971. The summed E-state index contributed by atoms with van der Waals surface area (Å²) in [7, 11) is 1.63. The van der Waals surface area contributed by atoms with E-state index in [0.717, 1.165) is 13.0 Å². The number of carbonyl (C=O) groups excluding carboxylic acids is 1. The highest BCUT2D eigenvalue weighted by molar-refractivity contribution is 7.80. The van der Waals surface area contributed by atoms with Gasteiger partial charge in [-0.05, 0) is 30.8 Å². The van der Waals surface area contributed by atoms with Crippen molar-refractivity contribution in [3.05, 3.63) is 34.9 Å². The summed E-state index contributed by atoms with van der Waals surface area (Å²) in [6.07, 6.45) is 0.936. The van der Waals surface area contributed by atoms with Crippen molar-refractivity contribution >= 4 is 34.8 Å². The second-order valence-electron chi connectivity index (χ2n) is 4.22. The molecule has 0 fully saturated rings. The Morgan fingerprint density at radius 3 is 2.70 bits per heavy atom. The Kier molecular flexibility index (Phi) is 7.51. The van der Waals surface area contributed by atoms with Crippen LogP contribution in [0.3, 0.4) is 0 Å². The van der Waals surface area contributed by atoms with Crippen LogP contribution in [-0.4, -0.2) is 42.7 Å². The molecule has 1 amide bonds. The fraction of sp³-hybridized carbons (Fsp3) is 0.429. The van der Waals surface area contributed by atoms with Gasteiger partial charge in [0.25, 0.3) is 5.91 Å². The van der Waals surface area contributed by atoms with Gasteiger partial charge in [-0.15, -0.1) is 0 Å². The topological polar surface area (TPSA) is 41.6 Å². The van der Waals surface area contributed by atoms with Gasteiger partial charge in [0.1, 0.15) is 0 Å². The molecule has 0 aliphatic heterocycles. The summed E-state index contributed by atoms with van der Waals surface area (Å²) in [6.45, 7) is 4.03. The molecule has 0 atom stereocenters. The molecule has 110 valence electrons. The number of methoxy groups -OCH3 is 1. The minimum Gasteiger partial charge on any atom is -0.383 e. The van der Waals surface area contributed by atoms with E-state index >= 15 is 0 Å². The lowest BCUT2D eigenvalue weighted by Crippen LogP contribution is -2.44. The summed E-state index contributed by atoms with van der Waals surface area (Å²) in [5, 5.41) is 3.52. The summed E-state index contributed by atoms with van der Waals surface area (Å²) in [5.41, 5.74) is 0.416. The van der Waals surface area contributed by atoms with E-state index in [1.165, 1.54) is 0 Å². The van der Waals surface area contributed by atoms with Crippen molar-refractivity contribution < 1.29 is 9.53 Å². The SMILES string of the molecule is CCCN(CCOC)C(=S)NC(=O)c1ccccc1Cl. The zero-order chi connectivity index (χ0) is 15.0. The Morgan fingerprint density at radius 2 is 2.10 bits per heavy atom. The van der Waals surface area contributed by atoms with Gasteiger partial charge in [0, 0.05) is 20.2 Å². The average Bonchev–Trinajstić information content (AvgIpc) is 2.43. The first-order valence-corrected chi connectivity index (χ1v) is 7.22. The monoisotopic (exact) mass is 314 g/mol. The van der Waals surface area contributed by atoms with Crippen LogP contribution in [0.5, 0.6) is 0 Å². The van der Waals surface area contributed by atoms with Gasteiger partial charge < -0.3 is 9.64 Å². The number of rotatable bonds is 6.